The molecule has 0 spiro atoms. The molecule has 0 radical (unpaired) electrons. The highest BCUT2D eigenvalue weighted by atomic mass is 19.4. The van der Waals surface area contributed by atoms with Gasteiger partial charge in [0.15, 0.2) is 0 Å². The Hall–Kier alpha value is -2.05. The van der Waals surface area contributed by atoms with Gasteiger partial charge in [-0.25, -0.2) is 0 Å². The minimum atomic E-state index is -4.36. The topological polar surface area (TPSA) is 64.9 Å². The van der Waals surface area contributed by atoms with Gasteiger partial charge in [0.2, 0.25) is 5.89 Å². The summed E-state index contributed by atoms with van der Waals surface area (Å²) in [6, 6.07) is 4.93. The quantitative estimate of drug-likeness (QED) is 0.878. The largest absolute Gasteiger partial charge is 0.416 e. The molecule has 0 bridgehead atoms. The van der Waals surface area contributed by atoms with Gasteiger partial charge < -0.3 is 10.3 Å². The van der Waals surface area contributed by atoms with Gasteiger partial charge in [-0.05, 0) is 16.8 Å². The van der Waals surface area contributed by atoms with Gasteiger partial charge in [-0.1, -0.05) is 18.2 Å². The van der Waals surface area contributed by atoms with Crippen molar-refractivity contribution in [2.75, 3.05) is 5.73 Å². The zero-order valence-electron chi connectivity index (χ0n) is 8.53. The van der Waals surface area contributed by atoms with Crippen LogP contribution >= 0.6 is 0 Å². The Kier molecular flexibility index (Phi) is 2.74. The molecule has 0 amide bonds. The average molecular weight is 243 g/mol. The summed E-state index contributed by atoms with van der Waals surface area (Å²) in [5, 5.41) is 3.35. The molecule has 1 aromatic carbocycles. The van der Waals surface area contributed by atoms with Crippen LogP contribution in [0, 0.1) is 0 Å². The van der Waals surface area contributed by atoms with Crippen LogP contribution in [0.1, 0.15) is 17.0 Å². The van der Waals surface area contributed by atoms with Crippen molar-refractivity contribution in [3.63, 3.8) is 0 Å². The first-order valence-electron chi connectivity index (χ1n) is 4.69. The Balaban J connectivity index is 2.22. The van der Waals surface area contributed by atoms with Crippen LogP contribution < -0.4 is 5.73 Å². The van der Waals surface area contributed by atoms with Crippen LogP contribution in [0.4, 0.5) is 19.1 Å². The summed E-state index contributed by atoms with van der Waals surface area (Å²) >= 11 is 0. The van der Waals surface area contributed by atoms with Crippen molar-refractivity contribution in [2.24, 2.45) is 0 Å². The summed E-state index contributed by atoms with van der Waals surface area (Å²) in [4.78, 5) is 3.72. The number of aromatic nitrogens is 2. The first kappa shape index (κ1) is 11.4. The van der Waals surface area contributed by atoms with E-state index in [0.717, 1.165) is 12.1 Å². The van der Waals surface area contributed by atoms with E-state index in [1.165, 1.54) is 6.07 Å². The van der Waals surface area contributed by atoms with Crippen LogP contribution in [0.15, 0.2) is 28.8 Å². The van der Waals surface area contributed by atoms with E-state index < -0.39 is 11.7 Å². The summed E-state index contributed by atoms with van der Waals surface area (Å²) in [5.41, 5.74) is 4.96. The zero-order chi connectivity index (χ0) is 12.5. The van der Waals surface area contributed by atoms with Crippen molar-refractivity contribution in [3.8, 4) is 0 Å². The molecular weight excluding hydrogens is 235 g/mol. The summed E-state index contributed by atoms with van der Waals surface area (Å²) in [5.74, 6) is 0.147. The molecule has 0 aliphatic rings. The molecule has 7 heteroatoms. The zero-order valence-corrected chi connectivity index (χ0v) is 8.53. The molecule has 4 nitrogen and oxygen atoms in total. The van der Waals surface area contributed by atoms with E-state index in [1.807, 2.05) is 0 Å². The highest BCUT2D eigenvalue weighted by molar-refractivity contribution is 5.27. The molecule has 90 valence electrons. The third kappa shape index (κ3) is 2.74. The molecule has 2 rings (SSSR count). The van der Waals surface area contributed by atoms with E-state index >= 15 is 0 Å². The van der Waals surface area contributed by atoms with Gasteiger partial charge in [0, 0.05) is 0 Å². The molecule has 1 aromatic heterocycles. The van der Waals surface area contributed by atoms with Crippen molar-refractivity contribution in [1.82, 2.24) is 10.1 Å². The molecule has 0 aliphatic heterocycles. The van der Waals surface area contributed by atoms with E-state index in [0.29, 0.717) is 5.56 Å². The molecular formula is C10H8F3N3O. The Morgan fingerprint density at radius 1 is 1.29 bits per heavy atom. The highest BCUT2D eigenvalue weighted by Crippen LogP contribution is 2.29. The van der Waals surface area contributed by atoms with Gasteiger partial charge in [0.1, 0.15) is 0 Å². The summed E-state index contributed by atoms with van der Waals surface area (Å²) < 4.78 is 42.0. The Bertz CT molecular complexity index is 522. The Morgan fingerprint density at radius 3 is 2.65 bits per heavy atom. The highest BCUT2D eigenvalue weighted by Gasteiger charge is 2.30. The fraction of sp³-hybridized carbons (Fsp3) is 0.200. The predicted molar refractivity (Wildman–Crippen MR) is 53.0 cm³/mol. The standard InChI is InChI=1S/C10H8F3N3O/c11-10(12,13)7-3-1-2-6(4-7)5-8-15-9(14)16-17-8/h1-4H,5H2,(H2,14,16). The maximum Gasteiger partial charge on any atom is 0.416 e. The van der Waals surface area contributed by atoms with Crippen LogP contribution in [0.5, 0.6) is 0 Å². The van der Waals surface area contributed by atoms with Crippen molar-refractivity contribution >= 4 is 5.95 Å². The third-order valence-electron chi connectivity index (χ3n) is 2.09. The van der Waals surface area contributed by atoms with Crippen molar-refractivity contribution in [3.05, 3.63) is 41.3 Å². The lowest BCUT2D eigenvalue weighted by atomic mass is 10.1. The fourth-order valence-corrected chi connectivity index (χ4v) is 1.37. The summed E-state index contributed by atoms with van der Waals surface area (Å²) in [6.45, 7) is 0. The van der Waals surface area contributed by atoms with E-state index in [-0.39, 0.29) is 18.3 Å². The molecule has 0 unspecified atom stereocenters. The molecule has 2 N–H and O–H groups in total. The monoisotopic (exact) mass is 243 g/mol. The van der Waals surface area contributed by atoms with Gasteiger partial charge in [0.05, 0.1) is 12.0 Å². The maximum atomic E-state index is 12.4. The number of halogens is 3. The first-order chi connectivity index (χ1) is 7.95. The third-order valence-corrected chi connectivity index (χ3v) is 2.09. The number of nitrogen functional groups attached to an aromatic ring is 1. The van der Waals surface area contributed by atoms with Crippen LogP contribution in [0.2, 0.25) is 0 Å². The van der Waals surface area contributed by atoms with E-state index in [2.05, 4.69) is 10.1 Å². The van der Waals surface area contributed by atoms with Crippen molar-refractivity contribution in [1.29, 1.82) is 0 Å². The van der Waals surface area contributed by atoms with Crippen LogP contribution in [0.3, 0.4) is 0 Å². The average Bonchev–Trinajstić information content (AvgIpc) is 2.63. The Labute approximate surface area is 94.2 Å². The van der Waals surface area contributed by atoms with Crippen LogP contribution in [0.25, 0.3) is 0 Å². The number of hydrogen-bond acceptors (Lipinski definition) is 4. The predicted octanol–water partition coefficient (Wildman–Crippen LogP) is 2.26. The number of benzene rings is 1. The molecule has 0 atom stereocenters. The second kappa shape index (κ2) is 4.08. The van der Waals surface area contributed by atoms with Gasteiger partial charge in [-0.2, -0.15) is 18.2 Å². The van der Waals surface area contributed by atoms with Gasteiger partial charge in [0.25, 0.3) is 5.95 Å². The van der Waals surface area contributed by atoms with Crippen molar-refractivity contribution in [2.45, 2.75) is 12.6 Å². The lowest BCUT2D eigenvalue weighted by Crippen LogP contribution is -2.05. The number of hydrogen-bond donors (Lipinski definition) is 1. The second-order valence-electron chi connectivity index (χ2n) is 3.42. The fourth-order valence-electron chi connectivity index (χ4n) is 1.37. The number of alkyl halides is 3. The number of nitrogens with two attached hydrogens (primary N) is 1. The smallest absolute Gasteiger partial charge is 0.365 e. The SMILES string of the molecule is Nc1noc(Cc2cccc(C(F)(F)F)c2)n1. The minimum absolute atomic E-state index is 0.0352. The molecule has 0 fully saturated rings. The van der Waals surface area contributed by atoms with Gasteiger partial charge in [-0.15, -0.1) is 0 Å². The van der Waals surface area contributed by atoms with E-state index in [9.17, 15) is 13.2 Å². The first-order valence-corrected chi connectivity index (χ1v) is 4.69. The van der Waals surface area contributed by atoms with Gasteiger partial charge >= 0.3 is 6.18 Å². The summed E-state index contributed by atoms with van der Waals surface area (Å²) in [7, 11) is 0. The van der Waals surface area contributed by atoms with E-state index in [4.69, 9.17) is 10.3 Å². The molecule has 1 heterocycles. The van der Waals surface area contributed by atoms with Gasteiger partial charge in [-0.3, -0.25) is 0 Å². The van der Waals surface area contributed by atoms with E-state index in [1.54, 1.807) is 6.07 Å². The normalized spacial score (nSPS) is 11.7. The molecule has 17 heavy (non-hydrogen) atoms. The molecule has 0 aliphatic carbocycles. The van der Waals surface area contributed by atoms with Crippen molar-refractivity contribution < 1.29 is 17.7 Å². The minimum Gasteiger partial charge on any atom is -0.365 e. The molecule has 0 saturated carbocycles. The molecule has 2 aromatic rings. The lowest BCUT2D eigenvalue weighted by molar-refractivity contribution is -0.137. The number of rotatable bonds is 2. The lowest BCUT2D eigenvalue weighted by Gasteiger charge is -2.07. The second-order valence-corrected chi connectivity index (χ2v) is 3.42. The number of nitrogens with zero attached hydrogens (tertiary/aromatic N) is 2. The molecule has 0 saturated heterocycles. The van der Waals surface area contributed by atoms with Crippen LogP contribution in [-0.4, -0.2) is 10.1 Å². The van der Waals surface area contributed by atoms with Crippen LogP contribution in [-0.2, 0) is 12.6 Å². The maximum absolute atomic E-state index is 12.4. The summed E-state index contributed by atoms with van der Waals surface area (Å²) in [6.07, 6.45) is -4.24. The number of anilines is 1. The Morgan fingerprint density at radius 2 is 2.06 bits per heavy atom.